The van der Waals surface area contributed by atoms with Gasteiger partial charge in [0.25, 0.3) is 0 Å². The van der Waals surface area contributed by atoms with Gasteiger partial charge in [0, 0.05) is 23.2 Å². The molecule has 0 bridgehead atoms. The predicted octanol–water partition coefficient (Wildman–Crippen LogP) is 2.65. The second-order valence-corrected chi connectivity index (χ2v) is 3.88. The normalized spacial score (nSPS) is 11.0. The van der Waals surface area contributed by atoms with Gasteiger partial charge in [0.2, 0.25) is 0 Å². The lowest BCUT2D eigenvalue weighted by atomic mass is 10.0. The van der Waals surface area contributed by atoms with Crippen molar-refractivity contribution in [3.8, 4) is 5.75 Å². The van der Waals surface area contributed by atoms with Crippen LogP contribution in [0.4, 0.5) is 0 Å². The summed E-state index contributed by atoms with van der Waals surface area (Å²) in [7, 11) is 1.56. The number of carboxylic acids is 1. The molecule has 1 heterocycles. The van der Waals surface area contributed by atoms with E-state index in [-0.39, 0.29) is 0 Å². The van der Waals surface area contributed by atoms with E-state index < -0.39 is 5.97 Å². The average Bonchev–Trinajstić information content (AvgIpc) is 2.36. The van der Waals surface area contributed by atoms with E-state index in [1.165, 1.54) is 6.08 Å². The maximum Gasteiger partial charge on any atom is 0.328 e. The number of carboxylic acid groups (broad SMARTS) is 1. The van der Waals surface area contributed by atoms with Crippen LogP contribution in [0.2, 0.25) is 0 Å². The van der Waals surface area contributed by atoms with Crippen molar-refractivity contribution in [2.45, 2.75) is 6.92 Å². The molecule has 1 aromatic heterocycles. The maximum absolute atomic E-state index is 10.7. The van der Waals surface area contributed by atoms with Crippen LogP contribution in [-0.2, 0) is 4.79 Å². The van der Waals surface area contributed by atoms with Gasteiger partial charge >= 0.3 is 5.97 Å². The Kier molecular flexibility index (Phi) is 3.28. The number of fused-ring (bicyclic) bond motifs is 1. The molecule has 0 aliphatic carbocycles. The van der Waals surface area contributed by atoms with Crippen molar-refractivity contribution < 1.29 is 14.6 Å². The molecule has 0 saturated heterocycles. The molecular weight excluding hydrogens is 230 g/mol. The third kappa shape index (κ3) is 2.18. The van der Waals surface area contributed by atoms with Crippen LogP contribution in [0.15, 0.2) is 30.5 Å². The van der Waals surface area contributed by atoms with Crippen LogP contribution in [0, 0.1) is 6.92 Å². The van der Waals surface area contributed by atoms with Gasteiger partial charge in [0.1, 0.15) is 5.75 Å². The van der Waals surface area contributed by atoms with E-state index in [1.54, 1.807) is 19.4 Å². The molecule has 1 N–H and O–H groups in total. The molecule has 4 nitrogen and oxygen atoms in total. The Morgan fingerprint density at radius 1 is 1.39 bits per heavy atom. The average molecular weight is 243 g/mol. The molecule has 18 heavy (non-hydrogen) atoms. The van der Waals surface area contributed by atoms with Crippen molar-refractivity contribution in [1.82, 2.24) is 4.98 Å². The molecule has 0 atom stereocenters. The first-order valence-corrected chi connectivity index (χ1v) is 5.47. The van der Waals surface area contributed by atoms with Gasteiger partial charge in [-0.2, -0.15) is 0 Å². The summed E-state index contributed by atoms with van der Waals surface area (Å²) in [4.78, 5) is 14.9. The Labute approximate surface area is 105 Å². The molecular formula is C14H13NO3. The first kappa shape index (κ1) is 12.1. The van der Waals surface area contributed by atoms with Crippen LogP contribution in [-0.4, -0.2) is 23.2 Å². The fourth-order valence-electron chi connectivity index (χ4n) is 1.92. The topological polar surface area (TPSA) is 59.4 Å². The Bertz CT molecular complexity index is 632. The molecule has 0 fully saturated rings. The second-order valence-electron chi connectivity index (χ2n) is 3.88. The number of ether oxygens (including phenoxy) is 1. The summed E-state index contributed by atoms with van der Waals surface area (Å²) in [5.74, 6) is -0.355. The van der Waals surface area contributed by atoms with Crippen molar-refractivity contribution in [3.05, 3.63) is 41.6 Å². The van der Waals surface area contributed by atoms with Gasteiger partial charge in [-0.25, -0.2) is 4.79 Å². The summed E-state index contributed by atoms with van der Waals surface area (Å²) in [6, 6.07) is 5.54. The molecule has 2 aromatic rings. The van der Waals surface area contributed by atoms with Crippen molar-refractivity contribution in [2.24, 2.45) is 0 Å². The zero-order chi connectivity index (χ0) is 13.1. The van der Waals surface area contributed by atoms with Crippen molar-refractivity contribution >= 4 is 22.9 Å². The quantitative estimate of drug-likeness (QED) is 0.842. The third-order valence-electron chi connectivity index (χ3n) is 2.73. The Morgan fingerprint density at radius 3 is 2.83 bits per heavy atom. The number of methoxy groups -OCH3 is 1. The van der Waals surface area contributed by atoms with E-state index >= 15 is 0 Å². The smallest absolute Gasteiger partial charge is 0.328 e. The van der Waals surface area contributed by atoms with Crippen LogP contribution in [0.3, 0.4) is 0 Å². The van der Waals surface area contributed by atoms with Crippen molar-refractivity contribution in [1.29, 1.82) is 0 Å². The highest BCUT2D eigenvalue weighted by atomic mass is 16.5. The summed E-state index contributed by atoms with van der Waals surface area (Å²) in [5.41, 5.74) is 2.59. The first-order chi connectivity index (χ1) is 8.63. The standard InChI is InChI=1S/C14H13NO3/c1-9-7-8-15-11-4-5-12(18-2)10(14(9)11)3-6-13(16)17/h3-8H,1-2H3,(H,16,17)/b6-3+. The number of pyridine rings is 1. The first-order valence-electron chi connectivity index (χ1n) is 5.47. The molecule has 0 saturated carbocycles. The fourth-order valence-corrected chi connectivity index (χ4v) is 1.92. The Balaban J connectivity index is 2.76. The number of aryl methyl sites for hydroxylation is 1. The number of carbonyl (C=O) groups is 1. The highest BCUT2D eigenvalue weighted by Gasteiger charge is 2.08. The molecule has 4 heteroatoms. The zero-order valence-corrected chi connectivity index (χ0v) is 10.2. The van der Waals surface area contributed by atoms with Gasteiger partial charge in [-0.1, -0.05) is 0 Å². The molecule has 0 aliphatic rings. The Morgan fingerprint density at radius 2 is 2.17 bits per heavy atom. The number of hydrogen-bond donors (Lipinski definition) is 1. The molecule has 0 unspecified atom stereocenters. The number of rotatable bonds is 3. The third-order valence-corrected chi connectivity index (χ3v) is 2.73. The lowest BCUT2D eigenvalue weighted by Crippen LogP contribution is -1.93. The van der Waals surface area contributed by atoms with E-state index in [0.29, 0.717) is 5.75 Å². The van der Waals surface area contributed by atoms with Crippen LogP contribution >= 0.6 is 0 Å². The fraction of sp³-hybridized carbons (Fsp3) is 0.143. The minimum atomic E-state index is -0.990. The molecule has 0 aliphatic heterocycles. The van der Waals surface area contributed by atoms with E-state index in [1.807, 2.05) is 19.1 Å². The minimum absolute atomic E-state index is 0.635. The SMILES string of the molecule is COc1ccc2nccc(C)c2c1/C=C/C(=O)O. The number of benzene rings is 1. The highest BCUT2D eigenvalue weighted by Crippen LogP contribution is 2.30. The zero-order valence-electron chi connectivity index (χ0n) is 10.2. The molecule has 2 rings (SSSR count). The lowest BCUT2D eigenvalue weighted by Gasteiger charge is -2.10. The summed E-state index contributed by atoms with van der Waals surface area (Å²) in [6.45, 7) is 1.96. The van der Waals surface area contributed by atoms with Crippen molar-refractivity contribution in [2.75, 3.05) is 7.11 Å². The van der Waals surface area contributed by atoms with Gasteiger partial charge in [-0.3, -0.25) is 4.98 Å². The lowest BCUT2D eigenvalue weighted by molar-refractivity contribution is -0.131. The molecule has 0 amide bonds. The number of nitrogens with zero attached hydrogens (tertiary/aromatic N) is 1. The number of aromatic nitrogens is 1. The van der Waals surface area contributed by atoms with Crippen LogP contribution in [0.1, 0.15) is 11.1 Å². The number of aliphatic carboxylic acids is 1. The van der Waals surface area contributed by atoms with Crippen LogP contribution < -0.4 is 4.74 Å². The molecule has 92 valence electrons. The largest absolute Gasteiger partial charge is 0.496 e. The number of hydrogen-bond acceptors (Lipinski definition) is 3. The summed E-state index contributed by atoms with van der Waals surface area (Å²) < 4.78 is 5.27. The van der Waals surface area contributed by atoms with E-state index in [4.69, 9.17) is 9.84 Å². The van der Waals surface area contributed by atoms with Gasteiger partial charge in [-0.05, 0) is 36.8 Å². The second kappa shape index (κ2) is 4.87. The summed E-state index contributed by atoms with van der Waals surface area (Å²) in [6.07, 6.45) is 4.37. The highest BCUT2D eigenvalue weighted by molar-refractivity contribution is 5.96. The van der Waals surface area contributed by atoms with Crippen LogP contribution in [0.5, 0.6) is 5.75 Å². The van der Waals surface area contributed by atoms with Crippen molar-refractivity contribution in [3.63, 3.8) is 0 Å². The Hall–Kier alpha value is -2.36. The van der Waals surface area contributed by atoms with E-state index in [9.17, 15) is 4.79 Å². The molecule has 0 spiro atoms. The minimum Gasteiger partial charge on any atom is -0.496 e. The van der Waals surface area contributed by atoms with Crippen LogP contribution in [0.25, 0.3) is 17.0 Å². The van der Waals surface area contributed by atoms with Gasteiger partial charge in [0.05, 0.1) is 12.6 Å². The maximum atomic E-state index is 10.7. The van der Waals surface area contributed by atoms with Gasteiger partial charge in [-0.15, -0.1) is 0 Å². The summed E-state index contributed by atoms with van der Waals surface area (Å²) in [5, 5.41) is 9.65. The summed E-state index contributed by atoms with van der Waals surface area (Å²) >= 11 is 0. The molecule has 1 aromatic carbocycles. The predicted molar refractivity (Wildman–Crippen MR) is 69.7 cm³/mol. The van der Waals surface area contributed by atoms with Gasteiger partial charge in [0.15, 0.2) is 0 Å². The monoisotopic (exact) mass is 243 g/mol. The molecule has 0 radical (unpaired) electrons. The van der Waals surface area contributed by atoms with Gasteiger partial charge < -0.3 is 9.84 Å². The van der Waals surface area contributed by atoms with E-state index in [2.05, 4.69) is 4.98 Å². The van der Waals surface area contributed by atoms with E-state index in [0.717, 1.165) is 28.1 Å².